The van der Waals surface area contributed by atoms with Gasteiger partial charge in [0.15, 0.2) is 0 Å². The van der Waals surface area contributed by atoms with Gasteiger partial charge >= 0.3 is 0 Å². The van der Waals surface area contributed by atoms with Crippen molar-refractivity contribution in [2.24, 2.45) is 0 Å². The monoisotopic (exact) mass is 242 g/mol. The maximum Gasteiger partial charge on any atom is 0.115 e. The van der Waals surface area contributed by atoms with Crippen molar-refractivity contribution in [1.29, 1.82) is 0 Å². The molecule has 0 amide bonds. The predicted octanol–water partition coefficient (Wildman–Crippen LogP) is 2.61. The van der Waals surface area contributed by atoms with Gasteiger partial charge in [-0.15, -0.1) is 0 Å². The standard InChI is InChI=1S/C12H16ClFN2/c13-11-8-10(9-14)2-3-12(11)16-6-1-4-15-5-7-16/h2-3,8,15H,1,4-7,9H2. The first-order valence-corrected chi connectivity index (χ1v) is 5.99. The Kier molecular flexibility index (Phi) is 4.02. The number of anilines is 1. The van der Waals surface area contributed by atoms with Crippen molar-refractivity contribution < 1.29 is 4.39 Å². The summed E-state index contributed by atoms with van der Waals surface area (Å²) in [6.07, 6.45) is 1.11. The van der Waals surface area contributed by atoms with Gasteiger partial charge in [-0.05, 0) is 30.7 Å². The average molecular weight is 243 g/mol. The Bertz CT molecular complexity index is 349. The van der Waals surface area contributed by atoms with Gasteiger partial charge in [0.1, 0.15) is 6.67 Å². The molecule has 0 radical (unpaired) electrons. The SMILES string of the molecule is FCc1ccc(N2CCCNCC2)c(Cl)c1. The van der Waals surface area contributed by atoms with E-state index >= 15 is 0 Å². The van der Waals surface area contributed by atoms with E-state index in [0.717, 1.165) is 38.3 Å². The van der Waals surface area contributed by atoms with Gasteiger partial charge in [0.25, 0.3) is 0 Å². The Labute approximate surface area is 100 Å². The van der Waals surface area contributed by atoms with E-state index in [2.05, 4.69) is 10.2 Å². The first-order chi connectivity index (χ1) is 7.81. The Morgan fingerprint density at radius 2 is 2.19 bits per heavy atom. The van der Waals surface area contributed by atoms with E-state index in [4.69, 9.17) is 11.6 Å². The predicted molar refractivity (Wildman–Crippen MR) is 66.0 cm³/mol. The molecule has 1 saturated heterocycles. The van der Waals surface area contributed by atoms with Gasteiger partial charge in [0.2, 0.25) is 0 Å². The van der Waals surface area contributed by atoms with Crippen molar-refractivity contribution in [3.05, 3.63) is 28.8 Å². The van der Waals surface area contributed by atoms with Gasteiger partial charge in [-0.1, -0.05) is 17.7 Å². The molecule has 0 aliphatic carbocycles. The zero-order valence-corrected chi connectivity index (χ0v) is 9.93. The molecular weight excluding hydrogens is 227 g/mol. The summed E-state index contributed by atoms with van der Waals surface area (Å²) in [5, 5.41) is 3.99. The fourth-order valence-electron chi connectivity index (χ4n) is 1.98. The molecule has 1 aliphatic heterocycles. The quantitative estimate of drug-likeness (QED) is 0.858. The number of alkyl halides is 1. The summed E-state index contributed by atoms with van der Waals surface area (Å²) < 4.78 is 12.5. The van der Waals surface area contributed by atoms with Gasteiger partial charge in [-0.3, -0.25) is 0 Å². The molecule has 4 heteroatoms. The molecule has 0 saturated carbocycles. The van der Waals surface area contributed by atoms with Gasteiger partial charge in [0.05, 0.1) is 10.7 Å². The zero-order chi connectivity index (χ0) is 11.4. The van der Waals surface area contributed by atoms with E-state index in [1.807, 2.05) is 6.07 Å². The van der Waals surface area contributed by atoms with E-state index in [0.29, 0.717) is 10.6 Å². The van der Waals surface area contributed by atoms with Crippen molar-refractivity contribution in [1.82, 2.24) is 5.32 Å². The van der Waals surface area contributed by atoms with Crippen LogP contribution >= 0.6 is 11.6 Å². The van der Waals surface area contributed by atoms with E-state index in [1.54, 1.807) is 12.1 Å². The van der Waals surface area contributed by atoms with E-state index in [-0.39, 0.29) is 0 Å². The van der Waals surface area contributed by atoms with Crippen LogP contribution in [0, 0.1) is 0 Å². The number of nitrogens with zero attached hydrogens (tertiary/aromatic N) is 1. The Morgan fingerprint density at radius 1 is 1.31 bits per heavy atom. The van der Waals surface area contributed by atoms with Crippen molar-refractivity contribution in [2.75, 3.05) is 31.1 Å². The highest BCUT2D eigenvalue weighted by Gasteiger charge is 2.12. The molecule has 1 heterocycles. The summed E-state index contributed by atoms with van der Waals surface area (Å²) in [5.74, 6) is 0. The summed E-state index contributed by atoms with van der Waals surface area (Å²) >= 11 is 6.17. The number of rotatable bonds is 2. The lowest BCUT2D eigenvalue weighted by atomic mass is 10.2. The van der Waals surface area contributed by atoms with Gasteiger partial charge in [0, 0.05) is 19.6 Å². The first-order valence-electron chi connectivity index (χ1n) is 5.61. The summed E-state index contributed by atoms with van der Waals surface area (Å²) in [5.41, 5.74) is 1.66. The fraction of sp³-hybridized carbons (Fsp3) is 0.500. The molecule has 0 bridgehead atoms. The van der Waals surface area contributed by atoms with Crippen LogP contribution in [0.2, 0.25) is 5.02 Å². The third kappa shape index (κ3) is 2.66. The highest BCUT2D eigenvalue weighted by atomic mass is 35.5. The molecule has 0 spiro atoms. The zero-order valence-electron chi connectivity index (χ0n) is 9.18. The normalized spacial score (nSPS) is 17.2. The second-order valence-corrected chi connectivity index (χ2v) is 4.42. The minimum absolute atomic E-state index is 0.457. The minimum atomic E-state index is -0.457. The topological polar surface area (TPSA) is 15.3 Å². The summed E-state index contributed by atoms with van der Waals surface area (Å²) in [6, 6.07) is 5.44. The van der Waals surface area contributed by atoms with Crippen LogP contribution in [0.1, 0.15) is 12.0 Å². The van der Waals surface area contributed by atoms with Crippen LogP contribution < -0.4 is 10.2 Å². The maximum atomic E-state index is 12.5. The molecule has 1 aromatic rings. The molecule has 88 valence electrons. The second-order valence-electron chi connectivity index (χ2n) is 4.01. The largest absolute Gasteiger partial charge is 0.369 e. The lowest BCUT2D eigenvalue weighted by molar-refractivity contribution is 0.485. The highest BCUT2D eigenvalue weighted by Crippen LogP contribution is 2.27. The summed E-state index contributed by atoms with van der Waals surface area (Å²) in [6.45, 7) is 3.52. The Hall–Kier alpha value is -0.800. The molecule has 1 aromatic carbocycles. The molecule has 1 N–H and O–H groups in total. The molecule has 0 atom stereocenters. The maximum absolute atomic E-state index is 12.5. The first kappa shape index (κ1) is 11.7. The second kappa shape index (κ2) is 5.51. The number of hydrogen-bond donors (Lipinski definition) is 1. The van der Waals surface area contributed by atoms with Crippen LogP contribution in [0.25, 0.3) is 0 Å². The average Bonchev–Trinajstić information content (AvgIpc) is 2.57. The third-order valence-corrected chi connectivity index (χ3v) is 3.15. The molecule has 1 aliphatic rings. The Balaban J connectivity index is 2.18. The van der Waals surface area contributed by atoms with Gasteiger partial charge < -0.3 is 10.2 Å². The van der Waals surface area contributed by atoms with Crippen LogP contribution in [-0.2, 0) is 6.67 Å². The molecular formula is C12H16ClFN2. The van der Waals surface area contributed by atoms with Gasteiger partial charge in [-0.2, -0.15) is 0 Å². The van der Waals surface area contributed by atoms with Crippen molar-refractivity contribution in [3.63, 3.8) is 0 Å². The number of halogens is 2. The van der Waals surface area contributed by atoms with Gasteiger partial charge in [-0.25, -0.2) is 4.39 Å². The smallest absolute Gasteiger partial charge is 0.115 e. The number of hydrogen-bond acceptors (Lipinski definition) is 2. The third-order valence-electron chi connectivity index (χ3n) is 2.85. The molecule has 1 fully saturated rings. The fourth-order valence-corrected chi connectivity index (χ4v) is 2.30. The lowest BCUT2D eigenvalue weighted by Gasteiger charge is -2.23. The van der Waals surface area contributed by atoms with Crippen LogP contribution in [0.15, 0.2) is 18.2 Å². The van der Waals surface area contributed by atoms with Crippen LogP contribution in [0.4, 0.5) is 10.1 Å². The molecule has 0 aromatic heterocycles. The number of nitrogens with one attached hydrogen (secondary N) is 1. The molecule has 16 heavy (non-hydrogen) atoms. The summed E-state index contributed by atoms with van der Waals surface area (Å²) in [4.78, 5) is 2.25. The van der Waals surface area contributed by atoms with E-state index < -0.39 is 6.67 Å². The minimum Gasteiger partial charge on any atom is -0.369 e. The van der Waals surface area contributed by atoms with Crippen molar-refractivity contribution in [3.8, 4) is 0 Å². The number of benzene rings is 1. The van der Waals surface area contributed by atoms with E-state index in [1.165, 1.54) is 0 Å². The highest BCUT2D eigenvalue weighted by molar-refractivity contribution is 6.33. The van der Waals surface area contributed by atoms with Crippen LogP contribution in [0.5, 0.6) is 0 Å². The Morgan fingerprint density at radius 3 is 2.94 bits per heavy atom. The summed E-state index contributed by atoms with van der Waals surface area (Å²) in [7, 11) is 0. The van der Waals surface area contributed by atoms with Crippen LogP contribution in [0.3, 0.4) is 0 Å². The van der Waals surface area contributed by atoms with Crippen molar-refractivity contribution >= 4 is 17.3 Å². The van der Waals surface area contributed by atoms with Crippen molar-refractivity contribution in [2.45, 2.75) is 13.1 Å². The lowest BCUT2D eigenvalue weighted by Crippen LogP contribution is -2.28. The van der Waals surface area contributed by atoms with E-state index in [9.17, 15) is 4.39 Å². The molecule has 2 nitrogen and oxygen atoms in total. The molecule has 0 unspecified atom stereocenters. The molecule has 2 rings (SSSR count). The van der Waals surface area contributed by atoms with Crippen LogP contribution in [-0.4, -0.2) is 26.2 Å².